The van der Waals surface area contributed by atoms with Crippen molar-refractivity contribution in [1.82, 2.24) is 5.32 Å². The van der Waals surface area contributed by atoms with Crippen molar-refractivity contribution in [3.05, 3.63) is 12.2 Å². The summed E-state index contributed by atoms with van der Waals surface area (Å²) in [6.07, 6.45) is 76.6. The summed E-state index contributed by atoms with van der Waals surface area (Å²) in [5, 5.41) is 23.4. The van der Waals surface area contributed by atoms with E-state index in [1.165, 1.54) is 283 Å². The van der Waals surface area contributed by atoms with Gasteiger partial charge in [0.25, 0.3) is 0 Å². The maximum absolute atomic E-state index is 12.5. The SMILES string of the molecule is CCCCCCCCCCCCCCCCCCCCCCCC(O)C(CO)NC(=O)CCCCCCC/C=C\CCCCCCCCCOC(=O)CCCCCCCCCCCCCCCCCCCCC. The summed E-state index contributed by atoms with van der Waals surface area (Å²) in [6.45, 7) is 4.97. The lowest BCUT2D eigenvalue weighted by Gasteiger charge is -2.22. The zero-order valence-corrected chi connectivity index (χ0v) is 49.6. The van der Waals surface area contributed by atoms with Crippen LogP contribution in [-0.4, -0.2) is 47.4 Å². The highest BCUT2D eigenvalue weighted by Crippen LogP contribution is 2.19. The molecule has 0 spiro atoms. The maximum atomic E-state index is 12.5. The summed E-state index contributed by atoms with van der Waals surface area (Å²) in [5.74, 6) is -0.0443. The molecule has 0 saturated heterocycles. The number of carbonyl (C=O) groups is 2. The second-order valence-corrected chi connectivity index (χ2v) is 23.2. The Balaban J connectivity index is 3.43. The van der Waals surface area contributed by atoms with E-state index in [-0.39, 0.29) is 18.5 Å². The minimum atomic E-state index is -0.675. The Kier molecular flexibility index (Phi) is 61.9. The van der Waals surface area contributed by atoms with E-state index in [2.05, 4.69) is 31.3 Å². The van der Waals surface area contributed by atoms with Gasteiger partial charge in [-0.05, 0) is 51.4 Å². The number of nitrogens with one attached hydrogen (secondary N) is 1. The first-order chi connectivity index (χ1) is 36.0. The molecule has 0 fully saturated rings. The Labute approximate surface area is 457 Å². The highest BCUT2D eigenvalue weighted by Gasteiger charge is 2.20. The van der Waals surface area contributed by atoms with Crippen LogP contribution in [0.4, 0.5) is 0 Å². The number of allylic oxidation sites excluding steroid dienone is 2. The third-order valence-electron chi connectivity index (χ3n) is 15.8. The Morgan fingerprint density at radius 1 is 0.370 bits per heavy atom. The van der Waals surface area contributed by atoms with Gasteiger partial charge in [-0.1, -0.05) is 328 Å². The van der Waals surface area contributed by atoms with Gasteiger partial charge in [-0.25, -0.2) is 0 Å². The number of hydrogen-bond acceptors (Lipinski definition) is 5. The van der Waals surface area contributed by atoms with E-state index in [1.54, 1.807) is 0 Å². The van der Waals surface area contributed by atoms with Gasteiger partial charge in [0.15, 0.2) is 0 Å². The fourth-order valence-electron chi connectivity index (χ4n) is 10.7. The van der Waals surface area contributed by atoms with Gasteiger partial charge >= 0.3 is 5.97 Å². The molecule has 0 aromatic carbocycles. The lowest BCUT2D eigenvalue weighted by Crippen LogP contribution is -2.45. The van der Waals surface area contributed by atoms with E-state index in [4.69, 9.17) is 4.74 Å². The van der Waals surface area contributed by atoms with Crippen LogP contribution in [0.3, 0.4) is 0 Å². The normalized spacial score (nSPS) is 12.5. The average Bonchev–Trinajstić information content (AvgIpc) is 3.39. The number of rotatable bonds is 63. The summed E-state index contributed by atoms with van der Waals surface area (Å²) in [4.78, 5) is 24.6. The first kappa shape index (κ1) is 71.6. The van der Waals surface area contributed by atoms with Gasteiger partial charge in [0.1, 0.15) is 0 Å². The van der Waals surface area contributed by atoms with E-state index >= 15 is 0 Å². The van der Waals surface area contributed by atoms with E-state index in [0.29, 0.717) is 25.9 Å². The molecule has 0 bridgehead atoms. The van der Waals surface area contributed by atoms with Crippen molar-refractivity contribution in [2.75, 3.05) is 13.2 Å². The van der Waals surface area contributed by atoms with Crippen LogP contribution in [0.25, 0.3) is 0 Å². The molecule has 0 saturated carbocycles. The molecule has 434 valence electrons. The fraction of sp³-hybridized carbons (Fsp3) is 0.940. The minimum absolute atomic E-state index is 0.00327. The van der Waals surface area contributed by atoms with Crippen molar-refractivity contribution in [3.63, 3.8) is 0 Å². The van der Waals surface area contributed by atoms with Crippen molar-refractivity contribution in [2.45, 2.75) is 392 Å². The summed E-state index contributed by atoms with van der Waals surface area (Å²) in [6, 6.07) is -0.554. The Morgan fingerprint density at radius 3 is 0.973 bits per heavy atom. The zero-order valence-electron chi connectivity index (χ0n) is 49.6. The standard InChI is InChI=1S/C67H131NO5/c1-3-5-7-9-11-13-15-17-19-21-23-24-26-27-31-35-39-43-47-51-55-59-65(70)64(63-69)68-66(71)60-56-52-48-44-40-36-32-29-30-34-38-42-46-50-54-58-62-73-67(72)61-57-53-49-45-41-37-33-28-25-22-20-18-16-14-12-10-8-6-4-2/h29,32,64-65,69-70H,3-28,30-31,33-63H2,1-2H3,(H,68,71)/b32-29-. The van der Waals surface area contributed by atoms with Gasteiger partial charge in [-0.3, -0.25) is 9.59 Å². The number of unbranched alkanes of at least 4 members (excludes halogenated alkanes) is 50. The molecular weight excluding hydrogens is 899 g/mol. The van der Waals surface area contributed by atoms with E-state index in [9.17, 15) is 19.8 Å². The maximum Gasteiger partial charge on any atom is 0.305 e. The molecule has 0 aromatic rings. The number of esters is 1. The first-order valence-electron chi connectivity index (χ1n) is 33.4. The molecule has 0 aliphatic carbocycles. The lowest BCUT2D eigenvalue weighted by atomic mass is 10.0. The first-order valence-corrected chi connectivity index (χ1v) is 33.4. The van der Waals surface area contributed by atoms with Crippen LogP contribution in [0.15, 0.2) is 12.2 Å². The van der Waals surface area contributed by atoms with Crippen LogP contribution in [-0.2, 0) is 14.3 Å². The minimum Gasteiger partial charge on any atom is -0.466 e. The predicted octanol–water partition coefficient (Wildman–Crippen LogP) is 21.2. The Bertz CT molecular complexity index is 1100. The number of aliphatic hydroxyl groups is 2. The molecule has 0 aliphatic rings. The van der Waals surface area contributed by atoms with Gasteiger partial charge in [-0.2, -0.15) is 0 Å². The van der Waals surface area contributed by atoms with Crippen LogP contribution in [0.1, 0.15) is 380 Å². The number of carbonyl (C=O) groups excluding carboxylic acids is 2. The molecule has 2 unspecified atom stereocenters. The van der Waals surface area contributed by atoms with Gasteiger partial charge in [0, 0.05) is 12.8 Å². The van der Waals surface area contributed by atoms with Gasteiger partial charge in [0.2, 0.25) is 5.91 Å². The van der Waals surface area contributed by atoms with Crippen molar-refractivity contribution in [2.24, 2.45) is 0 Å². The van der Waals surface area contributed by atoms with E-state index < -0.39 is 12.1 Å². The number of aliphatic hydroxyl groups excluding tert-OH is 2. The summed E-state index contributed by atoms with van der Waals surface area (Å²) >= 11 is 0. The number of amides is 1. The molecule has 3 N–H and O–H groups in total. The molecular formula is C67H131NO5. The molecule has 1 amide bonds. The van der Waals surface area contributed by atoms with Crippen LogP contribution in [0.5, 0.6) is 0 Å². The lowest BCUT2D eigenvalue weighted by molar-refractivity contribution is -0.143. The topological polar surface area (TPSA) is 95.9 Å². The molecule has 0 radical (unpaired) electrons. The predicted molar refractivity (Wildman–Crippen MR) is 320 cm³/mol. The van der Waals surface area contributed by atoms with Crippen LogP contribution >= 0.6 is 0 Å². The third-order valence-corrected chi connectivity index (χ3v) is 15.8. The number of hydrogen-bond donors (Lipinski definition) is 3. The van der Waals surface area contributed by atoms with Crippen molar-refractivity contribution < 1.29 is 24.5 Å². The smallest absolute Gasteiger partial charge is 0.305 e. The second kappa shape index (κ2) is 63.1. The van der Waals surface area contributed by atoms with Crippen LogP contribution in [0, 0.1) is 0 Å². The van der Waals surface area contributed by atoms with Gasteiger partial charge in [0.05, 0.1) is 25.4 Å². The summed E-state index contributed by atoms with van der Waals surface area (Å²) in [7, 11) is 0. The third kappa shape index (κ3) is 59.7. The average molecular weight is 1030 g/mol. The van der Waals surface area contributed by atoms with E-state index in [0.717, 1.165) is 64.2 Å². The largest absolute Gasteiger partial charge is 0.466 e. The second-order valence-electron chi connectivity index (χ2n) is 23.2. The Hall–Kier alpha value is -1.40. The fourth-order valence-corrected chi connectivity index (χ4v) is 10.7. The highest BCUT2D eigenvalue weighted by atomic mass is 16.5. The van der Waals surface area contributed by atoms with Crippen molar-refractivity contribution in [3.8, 4) is 0 Å². The molecule has 6 heteroatoms. The monoisotopic (exact) mass is 1030 g/mol. The summed E-state index contributed by atoms with van der Waals surface area (Å²) < 4.78 is 5.50. The molecule has 0 aliphatic heterocycles. The molecule has 73 heavy (non-hydrogen) atoms. The molecule has 0 aromatic heterocycles. The Morgan fingerprint density at radius 2 is 0.644 bits per heavy atom. The number of ether oxygens (including phenoxy) is 1. The zero-order chi connectivity index (χ0) is 52.9. The van der Waals surface area contributed by atoms with Gasteiger partial charge in [-0.15, -0.1) is 0 Å². The molecule has 6 nitrogen and oxygen atoms in total. The van der Waals surface area contributed by atoms with Crippen LogP contribution in [0.2, 0.25) is 0 Å². The quantitative estimate of drug-likeness (QED) is 0.0320. The summed E-state index contributed by atoms with van der Waals surface area (Å²) in [5.41, 5.74) is 0. The molecule has 0 heterocycles. The van der Waals surface area contributed by atoms with Crippen molar-refractivity contribution >= 4 is 11.9 Å². The van der Waals surface area contributed by atoms with Crippen LogP contribution < -0.4 is 5.32 Å². The molecule has 2 atom stereocenters. The van der Waals surface area contributed by atoms with Gasteiger partial charge < -0.3 is 20.3 Å². The molecule has 0 rings (SSSR count). The van der Waals surface area contributed by atoms with E-state index in [1.807, 2.05) is 0 Å². The van der Waals surface area contributed by atoms with Crippen molar-refractivity contribution in [1.29, 1.82) is 0 Å². The highest BCUT2D eigenvalue weighted by molar-refractivity contribution is 5.76.